The lowest BCUT2D eigenvalue weighted by atomic mass is 9.43. The molecule has 3 nitrogen and oxygen atoms in total. The number of fused-ring (bicyclic) bond motifs is 13. The monoisotopic (exact) mass is 672 g/mol. The van der Waals surface area contributed by atoms with Crippen LogP contribution in [0.15, 0.2) is 180 Å². The Balaban J connectivity index is 1.27. The topological polar surface area (TPSA) is 21.3 Å². The summed E-state index contributed by atoms with van der Waals surface area (Å²) in [5.41, 5.74) is 16.5. The Morgan fingerprint density at radius 1 is 0.509 bits per heavy atom. The molecule has 0 amide bonds. The first-order chi connectivity index (χ1) is 26.3. The molecule has 10 aromatic rings. The van der Waals surface area contributed by atoms with E-state index >= 15 is 0 Å². The summed E-state index contributed by atoms with van der Waals surface area (Å²) in [5, 5.41) is 6.09. The molecular weight excluding hydrogens is 643 g/mol. The van der Waals surface area contributed by atoms with E-state index in [0.717, 1.165) is 16.7 Å². The fourth-order valence-corrected chi connectivity index (χ4v) is 10.5. The second-order valence-electron chi connectivity index (χ2n) is 14.7. The van der Waals surface area contributed by atoms with Crippen molar-refractivity contribution < 1.29 is 4.42 Å². The molecule has 5 heterocycles. The normalized spacial score (nSPS) is 14.5. The molecule has 0 N–H and O–H groups in total. The summed E-state index contributed by atoms with van der Waals surface area (Å²) in [5.74, 6) is 0. The molecule has 0 spiro atoms. The van der Waals surface area contributed by atoms with Crippen molar-refractivity contribution in [3.05, 3.63) is 198 Å². The van der Waals surface area contributed by atoms with E-state index in [9.17, 15) is 0 Å². The fourth-order valence-electron chi connectivity index (χ4n) is 10.5. The van der Waals surface area contributed by atoms with Gasteiger partial charge in [0.2, 0.25) is 0 Å². The Kier molecular flexibility index (Phi) is 5.13. The Morgan fingerprint density at radius 3 is 2.00 bits per heavy atom. The van der Waals surface area contributed by atoms with Gasteiger partial charge in [0.05, 0.1) is 22.2 Å². The van der Waals surface area contributed by atoms with Crippen molar-refractivity contribution in [1.29, 1.82) is 0 Å². The van der Waals surface area contributed by atoms with Crippen LogP contribution in [-0.4, -0.2) is 11.3 Å². The maximum absolute atomic E-state index is 6.94. The molecule has 3 aliphatic heterocycles. The van der Waals surface area contributed by atoms with E-state index in [2.05, 4.69) is 185 Å². The quantitative estimate of drug-likeness (QED) is 0.171. The second-order valence-corrected chi connectivity index (χ2v) is 14.7. The molecule has 0 fully saturated rings. The van der Waals surface area contributed by atoms with Crippen LogP contribution in [0.5, 0.6) is 0 Å². The highest BCUT2D eigenvalue weighted by atomic mass is 16.3. The first-order valence-corrected chi connectivity index (χ1v) is 18.5. The summed E-state index contributed by atoms with van der Waals surface area (Å²) in [6, 6.07) is 65.2. The molecule has 0 unspecified atom stereocenters. The van der Waals surface area contributed by atoms with Crippen molar-refractivity contribution >= 4 is 78.6 Å². The number of anilines is 3. The molecule has 53 heavy (non-hydrogen) atoms. The van der Waals surface area contributed by atoms with E-state index < -0.39 is 5.41 Å². The first-order valence-electron chi connectivity index (χ1n) is 18.5. The summed E-state index contributed by atoms with van der Waals surface area (Å²) in [6.07, 6.45) is 0. The summed E-state index contributed by atoms with van der Waals surface area (Å²) < 4.78 is 9.49. The third-order valence-corrected chi connectivity index (χ3v) is 12.4. The molecule has 244 valence electrons. The standard InChI is InChI=1S/C49H29BN2O/c1-3-16-31(17-4-1)49(32-18-5-2-6-19-32)38-24-10-11-27-41(38)51-46-33-20-8-7-15-30(33)29-37-34-22-13-23-36-43-35-21-9-12-28-42(35)53-48(43)52(45(34)36)50(44(37)46)40-26-14-25-39(49)47(40)51/h1-29H. The van der Waals surface area contributed by atoms with Gasteiger partial charge in [-0.2, -0.15) is 0 Å². The molecule has 0 bridgehead atoms. The fraction of sp³-hybridized carbons (Fsp3) is 0.0204. The highest BCUT2D eigenvalue weighted by molar-refractivity contribution is 6.90. The predicted molar refractivity (Wildman–Crippen MR) is 219 cm³/mol. The van der Waals surface area contributed by atoms with Gasteiger partial charge in [0, 0.05) is 32.9 Å². The van der Waals surface area contributed by atoms with Gasteiger partial charge in [-0.3, -0.25) is 0 Å². The third kappa shape index (κ3) is 3.21. The second kappa shape index (κ2) is 9.75. The SMILES string of the molecule is c1ccc(C2(c3ccccc3)c3ccccc3N3c4c(cccc42)B2c4c(cc5ccccc5c43)-c3cccc4c5c6ccccc6oc5n2c34)cc1. The maximum Gasteiger partial charge on any atom is 0.336 e. The van der Waals surface area contributed by atoms with Crippen LogP contribution in [0.2, 0.25) is 0 Å². The zero-order valence-electron chi connectivity index (χ0n) is 28.6. The Morgan fingerprint density at radius 2 is 1.17 bits per heavy atom. The Hall–Kier alpha value is -6.78. The van der Waals surface area contributed by atoms with E-state index in [0.29, 0.717) is 0 Å². The van der Waals surface area contributed by atoms with Crippen LogP contribution in [0.3, 0.4) is 0 Å². The predicted octanol–water partition coefficient (Wildman–Crippen LogP) is 10.8. The molecule has 0 saturated heterocycles. The minimum atomic E-state index is -0.556. The van der Waals surface area contributed by atoms with E-state index in [-0.39, 0.29) is 6.85 Å². The zero-order chi connectivity index (χ0) is 34.4. The Bertz CT molecular complexity index is 3150. The minimum Gasteiger partial charge on any atom is -0.441 e. The molecule has 4 heteroatoms. The summed E-state index contributed by atoms with van der Waals surface area (Å²) >= 11 is 0. The van der Waals surface area contributed by atoms with Gasteiger partial charge in [-0.05, 0) is 62.3 Å². The van der Waals surface area contributed by atoms with Gasteiger partial charge >= 0.3 is 6.85 Å². The van der Waals surface area contributed by atoms with Crippen LogP contribution in [0.4, 0.5) is 17.1 Å². The van der Waals surface area contributed by atoms with Crippen LogP contribution in [0, 0.1) is 0 Å². The number of para-hydroxylation sites is 4. The van der Waals surface area contributed by atoms with Crippen molar-refractivity contribution in [1.82, 2.24) is 4.48 Å². The summed E-state index contributed by atoms with van der Waals surface area (Å²) in [7, 11) is 0. The van der Waals surface area contributed by atoms with Gasteiger partial charge in [0.15, 0.2) is 5.71 Å². The van der Waals surface area contributed by atoms with Crippen LogP contribution < -0.4 is 15.8 Å². The average Bonchev–Trinajstić information content (AvgIpc) is 3.76. The van der Waals surface area contributed by atoms with Crippen LogP contribution in [-0.2, 0) is 5.41 Å². The summed E-state index contributed by atoms with van der Waals surface area (Å²) in [6.45, 7) is -0.110. The molecular formula is C49H29BN2O. The molecule has 0 atom stereocenters. The maximum atomic E-state index is 6.94. The smallest absolute Gasteiger partial charge is 0.336 e. The number of rotatable bonds is 2. The van der Waals surface area contributed by atoms with E-state index in [1.165, 1.54) is 88.4 Å². The van der Waals surface area contributed by atoms with Gasteiger partial charge in [-0.15, -0.1) is 0 Å². The van der Waals surface area contributed by atoms with E-state index in [1.54, 1.807) is 0 Å². The molecule has 2 aromatic heterocycles. The van der Waals surface area contributed by atoms with Crippen molar-refractivity contribution in [3.8, 4) is 11.1 Å². The Labute approximate surface area is 306 Å². The largest absolute Gasteiger partial charge is 0.441 e. The lowest BCUT2D eigenvalue weighted by molar-refractivity contribution is 0.651. The molecule has 3 aliphatic rings. The lowest BCUT2D eigenvalue weighted by Crippen LogP contribution is -2.58. The lowest BCUT2D eigenvalue weighted by Gasteiger charge is -2.50. The van der Waals surface area contributed by atoms with Gasteiger partial charge in [-0.1, -0.05) is 158 Å². The van der Waals surface area contributed by atoms with Gasteiger partial charge < -0.3 is 13.8 Å². The molecule has 0 saturated carbocycles. The van der Waals surface area contributed by atoms with E-state index in [1.807, 2.05) is 0 Å². The van der Waals surface area contributed by atoms with Crippen LogP contribution in [0.1, 0.15) is 22.3 Å². The number of benzene rings is 8. The number of nitrogens with zero attached hydrogens (tertiary/aromatic N) is 2. The van der Waals surface area contributed by atoms with Gasteiger partial charge in [0.1, 0.15) is 5.58 Å². The van der Waals surface area contributed by atoms with Crippen molar-refractivity contribution in [2.45, 2.75) is 5.41 Å². The van der Waals surface area contributed by atoms with Gasteiger partial charge in [-0.25, -0.2) is 0 Å². The molecule has 0 aliphatic carbocycles. The average molecular weight is 673 g/mol. The first kappa shape index (κ1) is 27.9. The third-order valence-electron chi connectivity index (χ3n) is 12.4. The molecule has 13 rings (SSSR count). The highest BCUT2D eigenvalue weighted by Gasteiger charge is 2.52. The van der Waals surface area contributed by atoms with Crippen molar-refractivity contribution in [2.75, 3.05) is 4.90 Å². The molecule has 0 radical (unpaired) electrons. The molecule has 8 aromatic carbocycles. The van der Waals surface area contributed by atoms with Crippen LogP contribution >= 0.6 is 0 Å². The summed E-state index contributed by atoms with van der Waals surface area (Å²) in [4.78, 5) is 2.62. The number of furan rings is 1. The number of hydrogen-bond donors (Lipinski definition) is 0. The highest BCUT2D eigenvalue weighted by Crippen LogP contribution is 2.59. The number of aromatic nitrogens is 1. The zero-order valence-corrected chi connectivity index (χ0v) is 28.6. The van der Waals surface area contributed by atoms with Crippen molar-refractivity contribution in [3.63, 3.8) is 0 Å². The number of hydrogen-bond acceptors (Lipinski definition) is 2. The van der Waals surface area contributed by atoms with Crippen LogP contribution in [0.25, 0.3) is 54.9 Å². The van der Waals surface area contributed by atoms with Gasteiger partial charge in [0.25, 0.3) is 0 Å². The minimum absolute atomic E-state index is 0.110. The van der Waals surface area contributed by atoms with E-state index in [4.69, 9.17) is 4.42 Å². The van der Waals surface area contributed by atoms with Crippen molar-refractivity contribution in [2.24, 2.45) is 0 Å².